The molecule has 0 spiro atoms. The van der Waals surface area contributed by atoms with Gasteiger partial charge in [-0.25, -0.2) is 0 Å². The molecule has 1 aromatic carbocycles. The van der Waals surface area contributed by atoms with Crippen molar-refractivity contribution >= 4 is 16.6 Å². The van der Waals surface area contributed by atoms with Gasteiger partial charge in [-0.1, -0.05) is 6.07 Å². The molecule has 2 aromatic heterocycles. The number of hydrogen-bond donors (Lipinski definition) is 1. The Labute approximate surface area is 134 Å². The van der Waals surface area contributed by atoms with Gasteiger partial charge in [-0.3, -0.25) is 10.1 Å². The molecule has 2 aliphatic rings. The van der Waals surface area contributed by atoms with E-state index >= 15 is 0 Å². The Balaban J connectivity index is 1.48. The highest BCUT2D eigenvalue weighted by atomic mass is 15.3. The Hall–Kier alpha value is -2.40. The summed E-state index contributed by atoms with van der Waals surface area (Å²) in [5, 5.41) is 8.22. The fraction of sp³-hybridized carbons (Fsp3) is 0.333. The van der Waals surface area contributed by atoms with E-state index in [2.05, 4.69) is 56.3 Å². The van der Waals surface area contributed by atoms with Crippen molar-refractivity contribution in [3.8, 4) is 11.1 Å². The van der Waals surface area contributed by atoms with Gasteiger partial charge >= 0.3 is 0 Å². The average Bonchev–Trinajstić information content (AvgIpc) is 3.18. The first-order chi connectivity index (χ1) is 11.3. The molecule has 4 heterocycles. The van der Waals surface area contributed by atoms with Gasteiger partial charge in [0.25, 0.3) is 0 Å². The molecular formula is C18H19N5. The number of rotatable bonds is 2. The fourth-order valence-electron chi connectivity index (χ4n) is 3.99. The zero-order valence-electron chi connectivity index (χ0n) is 13.1. The number of likely N-dealkylation sites (tertiary alicyclic amines) is 1. The first-order valence-corrected chi connectivity index (χ1v) is 8.12. The molecule has 2 fully saturated rings. The van der Waals surface area contributed by atoms with E-state index in [1.54, 1.807) is 0 Å². The molecule has 5 nitrogen and oxygen atoms in total. The summed E-state index contributed by atoms with van der Waals surface area (Å²) in [6.45, 7) is 3.50. The van der Waals surface area contributed by atoms with Crippen LogP contribution in [-0.4, -0.2) is 52.8 Å². The van der Waals surface area contributed by atoms with Crippen LogP contribution in [0.2, 0.25) is 0 Å². The SMILES string of the molecule is CN1C[C@@H]2CN(c3cncc(-c4ccc5[nH]ncc5c4)c3)C[C@H]21. The summed E-state index contributed by atoms with van der Waals surface area (Å²) in [4.78, 5) is 9.42. The van der Waals surface area contributed by atoms with Crippen LogP contribution in [-0.2, 0) is 0 Å². The van der Waals surface area contributed by atoms with E-state index in [1.807, 2.05) is 18.6 Å². The van der Waals surface area contributed by atoms with Gasteiger partial charge in [0.2, 0.25) is 0 Å². The van der Waals surface area contributed by atoms with Gasteiger partial charge in [-0.15, -0.1) is 0 Å². The summed E-state index contributed by atoms with van der Waals surface area (Å²) < 4.78 is 0. The third-order valence-electron chi connectivity index (χ3n) is 5.36. The molecule has 1 N–H and O–H groups in total. The molecule has 0 unspecified atom stereocenters. The Morgan fingerprint density at radius 2 is 2.00 bits per heavy atom. The number of nitrogens with one attached hydrogen (secondary N) is 1. The second-order valence-electron chi connectivity index (χ2n) is 6.78. The monoisotopic (exact) mass is 305 g/mol. The van der Waals surface area contributed by atoms with Crippen LogP contribution in [0.1, 0.15) is 0 Å². The van der Waals surface area contributed by atoms with Crippen LogP contribution in [0.3, 0.4) is 0 Å². The number of aromatic amines is 1. The number of pyridine rings is 1. The van der Waals surface area contributed by atoms with Crippen LogP contribution in [0.25, 0.3) is 22.0 Å². The number of aromatic nitrogens is 3. The summed E-state index contributed by atoms with van der Waals surface area (Å²) in [6, 6.07) is 9.36. The highest BCUT2D eigenvalue weighted by Gasteiger charge is 2.43. The Morgan fingerprint density at radius 3 is 2.87 bits per heavy atom. The molecular weight excluding hydrogens is 286 g/mol. The van der Waals surface area contributed by atoms with Crippen LogP contribution < -0.4 is 4.90 Å². The predicted octanol–water partition coefficient (Wildman–Crippen LogP) is 2.38. The quantitative estimate of drug-likeness (QED) is 0.790. The van der Waals surface area contributed by atoms with Crippen molar-refractivity contribution in [1.82, 2.24) is 20.1 Å². The molecule has 2 atom stereocenters. The lowest BCUT2D eigenvalue weighted by molar-refractivity contribution is 0.0827. The van der Waals surface area contributed by atoms with Gasteiger partial charge in [-0.2, -0.15) is 5.10 Å². The van der Waals surface area contributed by atoms with E-state index in [1.165, 1.54) is 23.4 Å². The lowest BCUT2D eigenvalue weighted by atomic mass is 9.93. The number of anilines is 1. The second kappa shape index (κ2) is 4.80. The molecule has 0 saturated carbocycles. The van der Waals surface area contributed by atoms with E-state index in [4.69, 9.17) is 0 Å². The van der Waals surface area contributed by atoms with Crippen molar-refractivity contribution in [2.24, 2.45) is 5.92 Å². The van der Waals surface area contributed by atoms with Gasteiger partial charge in [0.15, 0.2) is 0 Å². The Morgan fingerprint density at radius 1 is 1.04 bits per heavy atom. The third-order valence-corrected chi connectivity index (χ3v) is 5.36. The van der Waals surface area contributed by atoms with E-state index in [0.717, 1.165) is 36.0 Å². The van der Waals surface area contributed by atoms with Gasteiger partial charge in [0, 0.05) is 48.7 Å². The number of fused-ring (bicyclic) bond motifs is 2. The molecule has 23 heavy (non-hydrogen) atoms. The molecule has 5 heteroatoms. The number of hydrogen-bond acceptors (Lipinski definition) is 4. The molecule has 5 rings (SSSR count). The van der Waals surface area contributed by atoms with Crippen LogP contribution in [0.15, 0.2) is 42.9 Å². The van der Waals surface area contributed by atoms with Crippen molar-refractivity contribution in [3.63, 3.8) is 0 Å². The van der Waals surface area contributed by atoms with Crippen LogP contribution in [0, 0.1) is 5.92 Å². The van der Waals surface area contributed by atoms with Crippen molar-refractivity contribution < 1.29 is 0 Å². The van der Waals surface area contributed by atoms with Crippen LogP contribution in [0.4, 0.5) is 5.69 Å². The summed E-state index contributed by atoms with van der Waals surface area (Å²) in [7, 11) is 2.22. The van der Waals surface area contributed by atoms with E-state index in [-0.39, 0.29) is 0 Å². The van der Waals surface area contributed by atoms with Gasteiger partial charge in [0.1, 0.15) is 0 Å². The zero-order valence-corrected chi connectivity index (χ0v) is 13.1. The Bertz CT molecular complexity index is 870. The van der Waals surface area contributed by atoms with Gasteiger partial charge < -0.3 is 9.80 Å². The molecule has 2 saturated heterocycles. The standard InChI is InChI=1S/C18H19N5/c1-22-9-15-10-23(11-18(15)22)16-5-13(6-19-8-16)12-2-3-17-14(4-12)7-20-21-17/h2-8,15,18H,9-11H2,1H3,(H,20,21)/t15-,18-/m1/s1. The lowest BCUT2D eigenvalue weighted by Crippen LogP contribution is -2.52. The van der Waals surface area contributed by atoms with Gasteiger partial charge in [0.05, 0.1) is 23.6 Å². The molecule has 0 amide bonds. The van der Waals surface area contributed by atoms with Crippen molar-refractivity contribution in [2.45, 2.75) is 6.04 Å². The predicted molar refractivity (Wildman–Crippen MR) is 91.4 cm³/mol. The molecule has 2 aliphatic heterocycles. The maximum absolute atomic E-state index is 4.48. The van der Waals surface area contributed by atoms with Crippen LogP contribution >= 0.6 is 0 Å². The minimum absolute atomic E-state index is 0.723. The van der Waals surface area contributed by atoms with E-state index in [9.17, 15) is 0 Å². The summed E-state index contributed by atoms with van der Waals surface area (Å²) in [5.74, 6) is 0.825. The summed E-state index contributed by atoms with van der Waals surface area (Å²) in [6.07, 6.45) is 5.80. The number of benzene rings is 1. The maximum atomic E-state index is 4.48. The molecule has 116 valence electrons. The highest BCUT2D eigenvalue weighted by Crippen LogP contribution is 2.34. The fourth-order valence-corrected chi connectivity index (χ4v) is 3.99. The normalized spacial score (nSPS) is 24.0. The average molecular weight is 305 g/mol. The second-order valence-corrected chi connectivity index (χ2v) is 6.78. The number of nitrogens with zero attached hydrogens (tertiary/aromatic N) is 4. The molecule has 0 bridgehead atoms. The summed E-state index contributed by atoms with van der Waals surface area (Å²) >= 11 is 0. The van der Waals surface area contributed by atoms with Gasteiger partial charge in [-0.05, 0) is 30.8 Å². The first kappa shape index (κ1) is 13.1. The minimum Gasteiger partial charge on any atom is -0.368 e. The topological polar surface area (TPSA) is 48.0 Å². The van der Waals surface area contributed by atoms with Crippen molar-refractivity contribution in [3.05, 3.63) is 42.9 Å². The molecule has 0 aliphatic carbocycles. The first-order valence-electron chi connectivity index (χ1n) is 8.12. The largest absolute Gasteiger partial charge is 0.368 e. The van der Waals surface area contributed by atoms with E-state index in [0.29, 0.717) is 0 Å². The van der Waals surface area contributed by atoms with E-state index < -0.39 is 0 Å². The smallest absolute Gasteiger partial charge is 0.0650 e. The van der Waals surface area contributed by atoms with Crippen molar-refractivity contribution in [1.29, 1.82) is 0 Å². The number of likely N-dealkylation sites (N-methyl/N-ethyl adjacent to an activating group) is 1. The highest BCUT2D eigenvalue weighted by molar-refractivity contribution is 5.84. The summed E-state index contributed by atoms with van der Waals surface area (Å²) in [5.41, 5.74) is 4.65. The lowest BCUT2D eigenvalue weighted by Gasteiger charge is -2.40. The number of H-pyrrole nitrogens is 1. The maximum Gasteiger partial charge on any atom is 0.0650 e. The zero-order chi connectivity index (χ0) is 15.4. The molecule has 3 aromatic rings. The third kappa shape index (κ3) is 2.04. The Kier molecular flexibility index (Phi) is 2.73. The minimum atomic E-state index is 0.723. The molecule has 0 radical (unpaired) electrons. The van der Waals surface area contributed by atoms with Crippen molar-refractivity contribution in [2.75, 3.05) is 31.6 Å². The van der Waals surface area contributed by atoms with Crippen LogP contribution in [0.5, 0.6) is 0 Å².